The highest BCUT2D eigenvalue weighted by Gasteiger charge is 2.45. The molecule has 0 rings (SSSR count). The lowest BCUT2D eigenvalue weighted by atomic mass is 9.75. The number of nitriles is 2. The molecule has 0 aromatic heterocycles. The van der Waals surface area contributed by atoms with Crippen molar-refractivity contribution in [2.45, 2.75) is 46.7 Å². The van der Waals surface area contributed by atoms with Crippen molar-refractivity contribution in [3.8, 4) is 12.1 Å². The number of hydrogen-bond acceptors (Lipinski definition) is 4. The van der Waals surface area contributed by atoms with Gasteiger partial charge in [0.2, 0.25) is 0 Å². The van der Waals surface area contributed by atoms with E-state index in [4.69, 9.17) is 15.3 Å². The standard InChI is InChI=1S/C14H19F3N2O2/c1-10(11(20)21-9-12(2,3)4)13(7-18,8-19)5-6-14(15,16)17/h10H,5-6,9H2,1-4H3. The highest BCUT2D eigenvalue weighted by molar-refractivity contribution is 5.74. The van der Waals surface area contributed by atoms with E-state index >= 15 is 0 Å². The van der Waals surface area contributed by atoms with Crippen molar-refractivity contribution in [3.05, 3.63) is 0 Å². The number of carbonyl (C=O) groups is 1. The maximum atomic E-state index is 12.3. The smallest absolute Gasteiger partial charge is 0.389 e. The molecule has 0 aliphatic carbocycles. The molecule has 0 amide bonds. The Labute approximate surface area is 122 Å². The van der Waals surface area contributed by atoms with Crippen molar-refractivity contribution in [1.82, 2.24) is 0 Å². The molecule has 21 heavy (non-hydrogen) atoms. The van der Waals surface area contributed by atoms with Gasteiger partial charge in [-0.25, -0.2) is 0 Å². The zero-order valence-corrected chi connectivity index (χ0v) is 12.5. The summed E-state index contributed by atoms with van der Waals surface area (Å²) in [6, 6.07) is 3.11. The lowest BCUT2D eigenvalue weighted by Crippen LogP contribution is -2.35. The van der Waals surface area contributed by atoms with Crippen LogP contribution in [0.2, 0.25) is 0 Å². The van der Waals surface area contributed by atoms with Crippen LogP contribution in [0.15, 0.2) is 0 Å². The number of alkyl halides is 3. The molecule has 1 unspecified atom stereocenters. The number of halogens is 3. The average Bonchev–Trinajstić information content (AvgIpc) is 2.35. The van der Waals surface area contributed by atoms with Gasteiger partial charge in [0.25, 0.3) is 0 Å². The molecule has 0 aromatic carbocycles. The third kappa shape index (κ3) is 6.48. The van der Waals surface area contributed by atoms with Gasteiger partial charge in [0.05, 0.1) is 24.7 Å². The monoisotopic (exact) mass is 304 g/mol. The van der Waals surface area contributed by atoms with E-state index < -0.39 is 36.3 Å². The Hall–Kier alpha value is -1.76. The molecular weight excluding hydrogens is 285 g/mol. The molecule has 4 nitrogen and oxygen atoms in total. The van der Waals surface area contributed by atoms with E-state index in [2.05, 4.69) is 0 Å². The molecule has 0 saturated heterocycles. The zero-order valence-electron chi connectivity index (χ0n) is 12.5. The van der Waals surface area contributed by atoms with Crippen LogP contribution in [0.3, 0.4) is 0 Å². The van der Waals surface area contributed by atoms with Gasteiger partial charge < -0.3 is 4.74 Å². The van der Waals surface area contributed by atoms with E-state index in [1.807, 2.05) is 20.8 Å². The van der Waals surface area contributed by atoms with E-state index in [9.17, 15) is 18.0 Å². The average molecular weight is 304 g/mol. The van der Waals surface area contributed by atoms with Crippen LogP contribution >= 0.6 is 0 Å². The molecule has 0 aromatic rings. The lowest BCUT2D eigenvalue weighted by Gasteiger charge is -2.26. The summed E-state index contributed by atoms with van der Waals surface area (Å²) in [5.74, 6) is -2.09. The predicted octanol–water partition coefficient (Wildman–Crippen LogP) is 3.59. The molecule has 0 bridgehead atoms. The molecule has 0 heterocycles. The van der Waals surface area contributed by atoms with Gasteiger partial charge in [-0.05, 0) is 18.8 Å². The van der Waals surface area contributed by atoms with E-state index in [1.165, 1.54) is 6.92 Å². The molecule has 0 aliphatic heterocycles. The van der Waals surface area contributed by atoms with E-state index in [0.717, 1.165) is 0 Å². The topological polar surface area (TPSA) is 73.9 Å². The molecule has 118 valence electrons. The number of carbonyl (C=O) groups excluding carboxylic acids is 1. The van der Waals surface area contributed by atoms with Gasteiger partial charge in [-0.3, -0.25) is 4.79 Å². The van der Waals surface area contributed by atoms with Crippen LogP contribution in [0.25, 0.3) is 0 Å². The quantitative estimate of drug-likeness (QED) is 0.727. The Morgan fingerprint density at radius 3 is 1.95 bits per heavy atom. The Balaban J connectivity index is 5.00. The molecule has 0 fully saturated rings. The summed E-state index contributed by atoms with van der Waals surface area (Å²) >= 11 is 0. The van der Waals surface area contributed by atoms with Crippen molar-refractivity contribution in [2.75, 3.05) is 6.61 Å². The minimum atomic E-state index is -4.49. The van der Waals surface area contributed by atoms with Crippen LogP contribution in [-0.2, 0) is 9.53 Å². The van der Waals surface area contributed by atoms with Gasteiger partial charge in [-0.1, -0.05) is 20.8 Å². The summed E-state index contributed by atoms with van der Waals surface area (Å²) in [7, 11) is 0. The summed E-state index contributed by atoms with van der Waals surface area (Å²) in [5, 5.41) is 18.1. The van der Waals surface area contributed by atoms with Crippen LogP contribution in [0.5, 0.6) is 0 Å². The van der Waals surface area contributed by atoms with E-state index in [1.54, 1.807) is 12.1 Å². The Bertz CT molecular complexity index is 439. The van der Waals surface area contributed by atoms with Crippen LogP contribution in [-0.4, -0.2) is 18.8 Å². The van der Waals surface area contributed by atoms with Gasteiger partial charge in [0, 0.05) is 6.42 Å². The summed E-state index contributed by atoms with van der Waals surface area (Å²) in [6.07, 6.45) is -6.55. The first kappa shape index (κ1) is 19.2. The third-order valence-electron chi connectivity index (χ3n) is 2.94. The van der Waals surface area contributed by atoms with Gasteiger partial charge >= 0.3 is 12.1 Å². The van der Waals surface area contributed by atoms with Gasteiger partial charge in [-0.2, -0.15) is 23.7 Å². The van der Waals surface area contributed by atoms with E-state index in [0.29, 0.717) is 0 Å². The third-order valence-corrected chi connectivity index (χ3v) is 2.94. The SMILES string of the molecule is CC(C(=O)OCC(C)(C)C)C(C#N)(C#N)CCC(F)(F)F. The zero-order chi connectivity index (χ0) is 16.9. The summed E-state index contributed by atoms with van der Waals surface area (Å²) in [4.78, 5) is 11.9. The normalized spacial score (nSPS) is 14.0. The highest BCUT2D eigenvalue weighted by Crippen LogP contribution is 2.37. The van der Waals surface area contributed by atoms with Crippen LogP contribution in [0.4, 0.5) is 13.2 Å². The molecule has 0 saturated carbocycles. The van der Waals surface area contributed by atoms with Gasteiger partial charge in [-0.15, -0.1) is 0 Å². The second-order valence-electron chi connectivity index (χ2n) is 6.20. The number of rotatable bonds is 5. The van der Waals surface area contributed by atoms with Crippen LogP contribution in [0.1, 0.15) is 40.5 Å². The lowest BCUT2D eigenvalue weighted by molar-refractivity contribution is -0.156. The minimum absolute atomic E-state index is 0.0579. The van der Waals surface area contributed by atoms with Gasteiger partial charge in [0.1, 0.15) is 0 Å². The second kappa shape index (κ2) is 6.80. The molecule has 0 aliphatic rings. The fraction of sp³-hybridized carbons (Fsp3) is 0.786. The maximum Gasteiger partial charge on any atom is 0.389 e. The minimum Gasteiger partial charge on any atom is -0.465 e. The first-order valence-corrected chi connectivity index (χ1v) is 6.43. The summed E-state index contributed by atoms with van der Waals surface area (Å²) in [6.45, 7) is 6.75. The van der Waals surface area contributed by atoms with Crippen molar-refractivity contribution < 1.29 is 22.7 Å². The Kier molecular flexibility index (Phi) is 6.23. The van der Waals surface area contributed by atoms with Crippen molar-refractivity contribution in [3.63, 3.8) is 0 Å². The van der Waals surface area contributed by atoms with Crippen molar-refractivity contribution in [1.29, 1.82) is 10.5 Å². The van der Waals surface area contributed by atoms with Crippen LogP contribution < -0.4 is 0 Å². The molecule has 7 heteroatoms. The molecular formula is C14H19F3N2O2. The van der Waals surface area contributed by atoms with Crippen molar-refractivity contribution in [2.24, 2.45) is 16.7 Å². The molecule has 0 spiro atoms. The number of ether oxygens (including phenoxy) is 1. The van der Waals surface area contributed by atoms with Crippen LogP contribution in [0, 0.1) is 39.4 Å². The van der Waals surface area contributed by atoms with Gasteiger partial charge in [0.15, 0.2) is 5.41 Å². The first-order valence-electron chi connectivity index (χ1n) is 6.43. The first-order chi connectivity index (χ1) is 9.37. The summed E-state index contributed by atoms with van der Waals surface area (Å²) < 4.78 is 41.9. The fourth-order valence-electron chi connectivity index (χ4n) is 1.50. The Morgan fingerprint density at radius 1 is 1.14 bits per heavy atom. The molecule has 1 atom stereocenters. The largest absolute Gasteiger partial charge is 0.465 e. The summed E-state index contributed by atoms with van der Waals surface area (Å²) in [5.41, 5.74) is -2.35. The van der Waals surface area contributed by atoms with Crippen molar-refractivity contribution >= 4 is 5.97 Å². The maximum absolute atomic E-state index is 12.3. The van der Waals surface area contributed by atoms with E-state index in [-0.39, 0.29) is 12.0 Å². The second-order valence-corrected chi connectivity index (χ2v) is 6.20. The molecule has 0 radical (unpaired) electrons. The fourth-order valence-corrected chi connectivity index (χ4v) is 1.50. The molecule has 0 N–H and O–H groups in total. The Morgan fingerprint density at radius 2 is 1.62 bits per heavy atom. The highest BCUT2D eigenvalue weighted by atomic mass is 19.4. The predicted molar refractivity (Wildman–Crippen MR) is 68.5 cm³/mol. The number of nitrogens with zero attached hydrogens (tertiary/aromatic N) is 2. The number of esters is 1. The number of hydrogen-bond donors (Lipinski definition) is 0.